The van der Waals surface area contributed by atoms with E-state index in [1.54, 1.807) is 0 Å². The van der Waals surface area contributed by atoms with Crippen molar-refractivity contribution in [2.24, 2.45) is 4.99 Å². The van der Waals surface area contributed by atoms with Gasteiger partial charge in [-0.1, -0.05) is 12.1 Å². The van der Waals surface area contributed by atoms with Gasteiger partial charge < -0.3 is 14.8 Å². The van der Waals surface area contributed by atoms with Crippen molar-refractivity contribution in [2.75, 3.05) is 19.6 Å². The first kappa shape index (κ1) is 2.70. The van der Waals surface area contributed by atoms with Crippen LogP contribution in [0.4, 0.5) is 0 Å². The molecule has 0 saturated carbocycles. The van der Waals surface area contributed by atoms with Crippen LogP contribution in [-0.2, 0) is 0 Å². The van der Waals surface area contributed by atoms with Gasteiger partial charge in [0.15, 0.2) is 19.0 Å². The molecule has 4 heteroatoms. The van der Waals surface area contributed by atoms with Crippen molar-refractivity contribution >= 4 is 5.84 Å². The smallest absolute Gasteiger partial charge is 0.189 e. The average Bonchev–Trinajstić information content (AvgIpc) is 2.72. The molecule has 1 N–H and O–H groups in total. The van der Waals surface area contributed by atoms with Crippen molar-refractivity contribution in [2.45, 2.75) is 6.08 Å². The van der Waals surface area contributed by atoms with Gasteiger partial charge in [-0.2, -0.15) is 0 Å². The van der Waals surface area contributed by atoms with Crippen molar-refractivity contribution in [1.82, 2.24) is 5.31 Å². The highest BCUT2D eigenvalue weighted by Gasteiger charge is 2.26. The Morgan fingerprint density at radius 2 is 2.47 bits per heavy atom. The molecule has 2 aliphatic rings. The molecule has 15 heavy (non-hydrogen) atoms. The minimum atomic E-state index is -3.20. The van der Waals surface area contributed by atoms with Gasteiger partial charge in [0.1, 0.15) is 12.4 Å². The first-order valence-electron chi connectivity index (χ1n) is 9.91. The van der Waals surface area contributed by atoms with Gasteiger partial charge in [-0.15, -0.1) is 0 Å². The summed E-state index contributed by atoms with van der Waals surface area (Å²) in [6, 6.07) is -2.99. The maximum Gasteiger partial charge on any atom is 0.189 e. The Morgan fingerprint density at radius 1 is 1.60 bits per heavy atom. The predicted octanol–water partition coefficient (Wildman–Crippen LogP) is 0.828. The van der Waals surface area contributed by atoms with E-state index in [2.05, 4.69) is 4.99 Å². The molecule has 1 unspecified atom stereocenters. The number of amidine groups is 1. The Balaban J connectivity index is 2.22. The number of nitrogens with zero attached hydrogens (tertiary/aromatic N) is 1. The van der Waals surface area contributed by atoms with Crippen LogP contribution in [0.5, 0.6) is 11.5 Å². The van der Waals surface area contributed by atoms with Gasteiger partial charge in [-0.3, -0.25) is 4.99 Å². The van der Waals surface area contributed by atoms with E-state index >= 15 is 0 Å². The molecule has 0 saturated heterocycles. The van der Waals surface area contributed by atoms with Gasteiger partial charge in [-0.05, 0) is 12.1 Å². The largest absolute Gasteiger partial charge is 0.485 e. The summed E-state index contributed by atoms with van der Waals surface area (Å²) in [7, 11) is 0. The lowest BCUT2D eigenvalue weighted by Gasteiger charge is -2.26. The van der Waals surface area contributed by atoms with E-state index in [9.17, 15) is 0 Å². The van der Waals surface area contributed by atoms with Gasteiger partial charge in [0.25, 0.3) is 0 Å². The van der Waals surface area contributed by atoms with E-state index in [4.69, 9.17) is 26.0 Å². The molecule has 0 fully saturated rings. The summed E-state index contributed by atoms with van der Waals surface area (Å²) in [5, 5.41) is -0.141. The monoisotopic (exact) mass is 228 g/mol. The summed E-state index contributed by atoms with van der Waals surface area (Å²) in [4.78, 5) is 3.30. The molecule has 1 aromatic carbocycles. The van der Waals surface area contributed by atoms with Crippen molar-refractivity contribution in [3.63, 3.8) is 0 Å². The summed E-state index contributed by atoms with van der Waals surface area (Å²) < 4.78 is 103. The number of fused-ring (bicyclic) bond motifs is 1. The second kappa shape index (κ2) is 3.46. The van der Waals surface area contributed by atoms with Crippen LogP contribution < -0.4 is 14.8 Å². The van der Waals surface area contributed by atoms with E-state index in [1.165, 1.54) is 0 Å². The standard InChI is InChI=1S/C11H12N2O2/c1-2-4-9-8(3-1)14-7-10(15-9)11-12-5-6-13-11/h1-4,10H,5-7H2,(H,12,13)/i1T,2T,3T,4T,5T2,6T2,7T2,10T/hT. The highest BCUT2D eigenvalue weighted by atomic mass is 16.6. The van der Waals surface area contributed by atoms with Crippen molar-refractivity contribution in [1.29, 1.82) is 0 Å². The van der Waals surface area contributed by atoms with E-state index in [-0.39, 0.29) is 5.31 Å². The fourth-order valence-electron chi connectivity index (χ4n) is 1.03. The fraction of sp³-hybridized carbons (Fsp3) is 0.364. The lowest BCUT2D eigenvalue weighted by Crippen LogP contribution is -2.42. The quantitative estimate of drug-likeness (QED) is 0.774. The Morgan fingerprint density at radius 3 is 3.27 bits per heavy atom. The summed E-state index contributed by atoms with van der Waals surface area (Å²) in [5.41, 5.74) is 0. The molecular formula is C11H12N2O2. The van der Waals surface area contributed by atoms with Crippen LogP contribution >= 0.6 is 0 Å². The molecule has 2 heterocycles. The van der Waals surface area contributed by atoms with E-state index in [0.717, 1.165) is 0 Å². The third-order valence-corrected chi connectivity index (χ3v) is 1.65. The third-order valence-electron chi connectivity index (χ3n) is 1.65. The fourth-order valence-corrected chi connectivity index (χ4v) is 1.03. The number of aliphatic imine (C=N–C) groups is 1. The molecule has 0 bridgehead atoms. The summed E-state index contributed by atoms with van der Waals surface area (Å²) >= 11 is 0. The molecule has 0 radical (unpaired) electrons. The van der Waals surface area contributed by atoms with Crippen LogP contribution in [0.25, 0.3) is 0 Å². The first-order valence-corrected chi connectivity index (χ1v) is 3.96. The van der Waals surface area contributed by atoms with Gasteiger partial charge >= 0.3 is 0 Å². The Hall–Kier alpha value is -1.71. The number of benzene rings is 1. The molecule has 0 aliphatic carbocycles. The first-order chi connectivity index (χ1) is 12.1. The molecule has 4 nitrogen and oxygen atoms in total. The lowest BCUT2D eigenvalue weighted by atomic mass is 10.2. The van der Waals surface area contributed by atoms with Crippen molar-refractivity contribution in [3.8, 4) is 11.5 Å². The molecule has 1 atom stereocenters. The Bertz CT molecular complexity index is 872. The molecular weight excluding hydrogens is 192 g/mol. The normalized spacial score (nSPS) is 50.4. The van der Waals surface area contributed by atoms with E-state index in [1.807, 2.05) is 0 Å². The molecule has 0 aromatic heterocycles. The summed E-state index contributed by atoms with van der Waals surface area (Å²) in [5.74, 6) is -2.52. The minimum Gasteiger partial charge on any atom is -0.485 e. The molecule has 2 aliphatic heterocycles. The van der Waals surface area contributed by atoms with Gasteiger partial charge in [-0.25, -0.2) is 0 Å². The molecule has 1 aromatic rings. The zero-order valence-electron chi connectivity index (χ0n) is 19.2. The van der Waals surface area contributed by atoms with Crippen molar-refractivity contribution < 1.29 is 26.0 Å². The van der Waals surface area contributed by atoms with Crippen molar-refractivity contribution in [3.05, 3.63) is 24.2 Å². The molecule has 3 rings (SSSR count). The van der Waals surface area contributed by atoms with Crippen LogP contribution in [0.1, 0.15) is 15.1 Å². The van der Waals surface area contributed by atoms with Crippen LogP contribution in [0.2, 0.25) is 1.41 Å². The predicted molar refractivity (Wildman–Crippen MR) is 56.7 cm³/mol. The second-order valence-electron chi connectivity index (χ2n) is 2.56. The summed E-state index contributed by atoms with van der Waals surface area (Å²) in [6.07, 6.45) is -3.13. The second-order valence-corrected chi connectivity index (χ2v) is 2.56. The number of hydrogen-bond donors (Lipinski definition) is 1. The zero-order chi connectivity index (χ0) is 20.7. The van der Waals surface area contributed by atoms with Gasteiger partial charge in [0.05, 0.1) is 21.6 Å². The van der Waals surface area contributed by atoms with E-state index in [0.29, 0.717) is 0 Å². The number of ether oxygens (including phenoxy) is 2. The van der Waals surface area contributed by atoms with Gasteiger partial charge in [0, 0.05) is 6.50 Å². The topological polar surface area (TPSA) is 42.8 Å². The molecule has 0 spiro atoms. The third kappa shape index (κ3) is 1.52. The Kier molecular flexibility index (Phi) is 0.621. The number of nitrogens with one attached hydrogen (secondary N) is 1. The SMILES string of the molecule is [3H]c1c([3H])c([3H])c2c(c1[3H])OC([3H])([3H])C([3H])(C1=NC([3H])([3H])C([3H])([3H])N1[3H])O2. The molecule has 0 amide bonds. The highest BCUT2D eigenvalue weighted by molar-refractivity contribution is 5.88. The van der Waals surface area contributed by atoms with Crippen LogP contribution in [0.3, 0.4) is 0 Å². The summed E-state index contributed by atoms with van der Waals surface area (Å²) in [6.45, 7) is -9.26. The average molecular weight is 228 g/mol. The number of rotatable bonds is 1. The number of hydrogen-bond acceptors (Lipinski definition) is 4. The van der Waals surface area contributed by atoms with Gasteiger partial charge in [0.2, 0.25) is 0 Å². The highest BCUT2D eigenvalue weighted by Crippen LogP contribution is 2.31. The molecule has 78 valence electrons. The van der Waals surface area contributed by atoms with Crippen LogP contribution in [0.15, 0.2) is 29.2 Å². The van der Waals surface area contributed by atoms with E-state index < -0.39 is 67.1 Å². The van der Waals surface area contributed by atoms with Crippen LogP contribution in [-0.4, -0.2) is 31.5 Å². The zero-order valence-corrected chi connectivity index (χ0v) is 7.21. The minimum absolute atomic E-state index is 0.141. The Labute approximate surface area is 105 Å². The number of para-hydroxylation sites is 2. The lowest BCUT2D eigenvalue weighted by molar-refractivity contribution is 0.133. The maximum atomic E-state index is 8.33. The van der Waals surface area contributed by atoms with Crippen LogP contribution in [0, 0.1) is 0 Å². The maximum absolute atomic E-state index is 8.33.